The van der Waals surface area contributed by atoms with Crippen molar-refractivity contribution in [2.75, 3.05) is 26.2 Å². The first kappa shape index (κ1) is 10.4. The zero-order valence-electron chi connectivity index (χ0n) is 8.78. The summed E-state index contributed by atoms with van der Waals surface area (Å²) in [5, 5.41) is 3.36. The van der Waals surface area contributed by atoms with Gasteiger partial charge < -0.3 is 14.6 Å². The highest BCUT2D eigenvalue weighted by Crippen LogP contribution is 2.28. The van der Waals surface area contributed by atoms with Gasteiger partial charge in [0.05, 0.1) is 4.47 Å². The van der Waals surface area contributed by atoms with E-state index in [1.807, 2.05) is 4.90 Å². The summed E-state index contributed by atoms with van der Waals surface area (Å²) in [6.07, 6.45) is 1.55. The first-order chi connectivity index (χ1) is 7.74. The lowest BCUT2D eigenvalue weighted by Gasteiger charge is -2.15. The van der Waals surface area contributed by atoms with Gasteiger partial charge in [-0.25, -0.2) is 0 Å². The first-order valence-electron chi connectivity index (χ1n) is 5.48. The number of halogens is 1. The van der Waals surface area contributed by atoms with E-state index in [1.54, 1.807) is 12.3 Å². The van der Waals surface area contributed by atoms with Crippen LogP contribution >= 0.6 is 15.9 Å². The van der Waals surface area contributed by atoms with E-state index in [9.17, 15) is 4.79 Å². The fourth-order valence-electron chi connectivity index (χ4n) is 2.60. The second-order valence-corrected chi connectivity index (χ2v) is 5.43. The molecule has 2 unspecified atom stereocenters. The monoisotopic (exact) mass is 284 g/mol. The number of hydrogen-bond donors (Lipinski definition) is 1. The van der Waals surface area contributed by atoms with Gasteiger partial charge in [0.15, 0.2) is 5.76 Å². The molecule has 0 bridgehead atoms. The molecule has 3 rings (SSSR count). The van der Waals surface area contributed by atoms with Gasteiger partial charge in [-0.2, -0.15) is 0 Å². The van der Waals surface area contributed by atoms with Crippen LogP contribution in [0.15, 0.2) is 21.2 Å². The number of fused-ring (bicyclic) bond motifs is 1. The molecule has 2 aliphatic rings. The van der Waals surface area contributed by atoms with Crippen LogP contribution in [0, 0.1) is 11.8 Å². The number of carbonyl (C=O) groups excluding carboxylic acids is 1. The summed E-state index contributed by atoms with van der Waals surface area (Å²) in [6.45, 7) is 3.79. The fraction of sp³-hybridized carbons (Fsp3) is 0.545. The molecular formula is C11H13BrN2O2. The number of hydrogen-bond acceptors (Lipinski definition) is 3. The Balaban J connectivity index is 1.73. The average Bonchev–Trinajstić information content (AvgIpc) is 2.89. The van der Waals surface area contributed by atoms with Crippen molar-refractivity contribution in [3.63, 3.8) is 0 Å². The van der Waals surface area contributed by atoms with E-state index in [0.717, 1.165) is 30.7 Å². The number of nitrogens with zero attached hydrogens (tertiary/aromatic N) is 1. The van der Waals surface area contributed by atoms with Crippen LogP contribution in [0.3, 0.4) is 0 Å². The third kappa shape index (κ3) is 1.68. The topological polar surface area (TPSA) is 45.5 Å². The number of rotatable bonds is 1. The number of likely N-dealkylation sites (tertiary alicyclic amines) is 1. The lowest BCUT2D eigenvalue weighted by Crippen LogP contribution is -2.31. The SMILES string of the molecule is O=C(c1cc(Br)co1)N1CC2CNCC2C1. The van der Waals surface area contributed by atoms with Crippen molar-refractivity contribution in [1.29, 1.82) is 0 Å². The zero-order valence-corrected chi connectivity index (χ0v) is 10.4. The number of nitrogens with one attached hydrogen (secondary N) is 1. The summed E-state index contributed by atoms with van der Waals surface area (Å²) in [5.74, 6) is 1.70. The van der Waals surface area contributed by atoms with Gasteiger partial charge in [0, 0.05) is 32.2 Å². The normalized spacial score (nSPS) is 28.4. The van der Waals surface area contributed by atoms with Crippen LogP contribution in [0.1, 0.15) is 10.6 Å². The summed E-state index contributed by atoms with van der Waals surface area (Å²) in [4.78, 5) is 14.0. The second kappa shape index (κ2) is 3.89. The summed E-state index contributed by atoms with van der Waals surface area (Å²) >= 11 is 3.28. The van der Waals surface area contributed by atoms with Crippen LogP contribution in [0.2, 0.25) is 0 Å². The molecule has 5 heteroatoms. The van der Waals surface area contributed by atoms with Gasteiger partial charge in [-0.15, -0.1) is 0 Å². The van der Waals surface area contributed by atoms with E-state index in [2.05, 4.69) is 21.2 Å². The second-order valence-electron chi connectivity index (χ2n) is 4.52. The van der Waals surface area contributed by atoms with E-state index in [4.69, 9.17) is 4.42 Å². The van der Waals surface area contributed by atoms with Crippen molar-refractivity contribution in [3.05, 3.63) is 22.6 Å². The van der Waals surface area contributed by atoms with Crippen LogP contribution in [0.5, 0.6) is 0 Å². The molecule has 16 heavy (non-hydrogen) atoms. The zero-order chi connectivity index (χ0) is 11.1. The molecule has 0 spiro atoms. The maximum absolute atomic E-state index is 12.1. The van der Waals surface area contributed by atoms with Crippen LogP contribution in [0.4, 0.5) is 0 Å². The molecule has 86 valence electrons. The molecule has 3 heterocycles. The number of amides is 1. The summed E-state index contributed by atoms with van der Waals surface area (Å²) in [6, 6.07) is 1.73. The molecule has 1 N–H and O–H groups in total. The van der Waals surface area contributed by atoms with E-state index in [-0.39, 0.29) is 5.91 Å². The third-order valence-corrected chi connectivity index (χ3v) is 3.87. The number of furan rings is 1. The largest absolute Gasteiger partial charge is 0.458 e. The standard InChI is InChI=1S/C11H13BrN2O2/c12-9-1-10(16-6-9)11(15)14-4-7-2-13-3-8(7)5-14/h1,6-8,13H,2-5H2. The Labute approximate surface area is 102 Å². The Hall–Kier alpha value is -0.810. The van der Waals surface area contributed by atoms with Crippen molar-refractivity contribution >= 4 is 21.8 Å². The Morgan fingerprint density at radius 3 is 2.69 bits per heavy atom. The van der Waals surface area contributed by atoms with Gasteiger partial charge in [-0.3, -0.25) is 4.79 Å². The lowest BCUT2D eigenvalue weighted by atomic mass is 10.0. The van der Waals surface area contributed by atoms with Crippen LogP contribution in [-0.4, -0.2) is 37.0 Å². The minimum atomic E-state index is 0.0140. The quantitative estimate of drug-likeness (QED) is 0.846. The molecule has 0 aromatic carbocycles. The fourth-order valence-corrected chi connectivity index (χ4v) is 2.90. The molecule has 2 saturated heterocycles. The van der Waals surface area contributed by atoms with Gasteiger partial charge in [0.1, 0.15) is 6.26 Å². The maximum atomic E-state index is 12.1. The Morgan fingerprint density at radius 2 is 2.12 bits per heavy atom. The van der Waals surface area contributed by atoms with E-state index >= 15 is 0 Å². The highest BCUT2D eigenvalue weighted by Gasteiger charge is 2.38. The van der Waals surface area contributed by atoms with Gasteiger partial charge in [0.2, 0.25) is 0 Å². The Morgan fingerprint density at radius 1 is 1.44 bits per heavy atom. The smallest absolute Gasteiger partial charge is 0.289 e. The molecule has 2 fully saturated rings. The molecule has 1 aromatic rings. The molecule has 0 aliphatic carbocycles. The van der Waals surface area contributed by atoms with Gasteiger partial charge in [-0.05, 0) is 27.8 Å². The van der Waals surface area contributed by atoms with Crippen LogP contribution in [-0.2, 0) is 0 Å². The molecule has 2 atom stereocenters. The Kier molecular flexibility index (Phi) is 2.52. The van der Waals surface area contributed by atoms with E-state index in [0.29, 0.717) is 17.6 Å². The Bertz CT molecular complexity index is 406. The molecule has 0 saturated carbocycles. The summed E-state index contributed by atoms with van der Waals surface area (Å²) < 4.78 is 6.02. The molecule has 1 amide bonds. The minimum absolute atomic E-state index is 0.0140. The molecule has 1 aromatic heterocycles. The third-order valence-electron chi connectivity index (χ3n) is 3.45. The van der Waals surface area contributed by atoms with Gasteiger partial charge in [-0.1, -0.05) is 0 Å². The maximum Gasteiger partial charge on any atom is 0.289 e. The minimum Gasteiger partial charge on any atom is -0.458 e. The lowest BCUT2D eigenvalue weighted by molar-refractivity contribution is 0.0750. The van der Waals surface area contributed by atoms with Gasteiger partial charge in [0.25, 0.3) is 5.91 Å². The highest BCUT2D eigenvalue weighted by molar-refractivity contribution is 9.10. The van der Waals surface area contributed by atoms with E-state index < -0.39 is 0 Å². The first-order valence-corrected chi connectivity index (χ1v) is 6.27. The molecule has 0 radical (unpaired) electrons. The highest BCUT2D eigenvalue weighted by atomic mass is 79.9. The van der Waals surface area contributed by atoms with Crippen molar-refractivity contribution in [1.82, 2.24) is 10.2 Å². The predicted molar refractivity (Wildman–Crippen MR) is 62.2 cm³/mol. The van der Waals surface area contributed by atoms with Gasteiger partial charge >= 0.3 is 0 Å². The molecule has 4 nitrogen and oxygen atoms in total. The van der Waals surface area contributed by atoms with Crippen molar-refractivity contribution in [3.8, 4) is 0 Å². The summed E-state index contributed by atoms with van der Waals surface area (Å²) in [7, 11) is 0. The molecule has 2 aliphatic heterocycles. The number of carbonyl (C=O) groups is 1. The predicted octanol–water partition coefficient (Wildman–Crippen LogP) is 1.33. The van der Waals surface area contributed by atoms with Crippen LogP contribution < -0.4 is 5.32 Å². The molecular weight excluding hydrogens is 272 g/mol. The van der Waals surface area contributed by atoms with Crippen molar-refractivity contribution < 1.29 is 9.21 Å². The van der Waals surface area contributed by atoms with Crippen molar-refractivity contribution in [2.24, 2.45) is 11.8 Å². The average molecular weight is 285 g/mol. The van der Waals surface area contributed by atoms with Crippen molar-refractivity contribution in [2.45, 2.75) is 0 Å². The van der Waals surface area contributed by atoms with E-state index in [1.165, 1.54) is 0 Å². The summed E-state index contributed by atoms with van der Waals surface area (Å²) in [5.41, 5.74) is 0. The van der Waals surface area contributed by atoms with Crippen LogP contribution in [0.25, 0.3) is 0 Å².